The molecule has 1 fully saturated rings. The molecule has 1 amide bonds. The molecule has 1 aliphatic heterocycles. The van der Waals surface area contributed by atoms with Gasteiger partial charge in [0.05, 0.1) is 34.5 Å². The maximum absolute atomic E-state index is 12.7. The molecule has 152 valence electrons. The van der Waals surface area contributed by atoms with E-state index in [0.717, 1.165) is 61.8 Å². The highest BCUT2D eigenvalue weighted by molar-refractivity contribution is 7.18. The number of benzene rings is 2. The Balaban J connectivity index is 1.32. The number of fused-ring (bicyclic) bond motifs is 1. The number of morpholine rings is 1. The van der Waals surface area contributed by atoms with E-state index in [1.807, 2.05) is 36.4 Å². The van der Waals surface area contributed by atoms with E-state index in [-0.39, 0.29) is 11.9 Å². The lowest BCUT2D eigenvalue weighted by Crippen LogP contribution is -2.43. The summed E-state index contributed by atoms with van der Waals surface area (Å²) in [5, 5.41) is 4.36. The molecule has 0 radical (unpaired) electrons. The highest BCUT2D eigenvalue weighted by atomic mass is 32.1. The Morgan fingerprint density at radius 1 is 1.10 bits per heavy atom. The number of rotatable bonds is 8. The van der Waals surface area contributed by atoms with E-state index >= 15 is 0 Å². The Labute approximate surface area is 175 Å². The summed E-state index contributed by atoms with van der Waals surface area (Å²) in [5.74, 6) is 0.105. The van der Waals surface area contributed by atoms with Crippen LogP contribution in [-0.2, 0) is 16.0 Å². The summed E-state index contributed by atoms with van der Waals surface area (Å²) >= 11 is 1.72. The van der Waals surface area contributed by atoms with Crippen molar-refractivity contribution in [1.82, 2.24) is 15.2 Å². The zero-order valence-corrected chi connectivity index (χ0v) is 17.4. The van der Waals surface area contributed by atoms with E-state index in [9.17, 15) is 4.79 Å². The van der Waals surface area contributed by atoms with Crippen molar-refractivity contribution in [3.63, 3.8) is 0 Å². The van der Waals surface area contributed by atoms with Gasteiger partial charge in [-0.2, -0.15) is 0 Å². The summed E-state index contributed by atoms with van der Waals surface area (Å²) in [4.78, 5) is 19.7. The van der Waals surface area contributed by atoms with Crippen LogP contribution in [0.4, 0.5) is 0 Å². The van der Waals surface area contributed by atoms with Gasteiger partial charge in [0.2, 0.25) is 5.91 Å². The van der Waals surface area contributed by atoms with Gasteiger partial charge in [0, 0.05) is 26.1 Å². The number of aryl methyl sites for hydroxylation is 1. The van der Waals surface area contributed by atoms with Gasteiger partial charge < -0.3 is 10.1 Å². The lowest BCUT2D eigenvalue weighted by molar-refractivity contribution is -0.122. The highest BCUT2D eigenvalue weighted by Gasteiger charge is 2.20. The standard InChI is InChI=1S/C23H27N3O2S/c27-22(11-6-12-23-25-19-9-4-5-10-21(19)29-23)24-20(18-7-2-1-3-8-18)17-26-13-15-28-16-14-26/h1-5,7-10,20H,6,11-17H2,(H,24,27)/t20-/m1/s1. The maximum Gasteiger partial charge on any atom is 0.220 e. The van der Waals surface area contributed by atoms with Crippen molar-refractivity contribution in [2.24, 2.45) is 0 Å². The van der Waals surface area contributed by atoms with Crippen LogP contribution in [0.1, 0.15) is 29.5 Å². The zero-order chi connectivity index (χ0) is 19.9. The Morgan fingerprint density at radius 2 is 1.86 bits per heavy atom. The first-order chi connectivity index (χ1) is 14.3. The fourth-order valence-corrected chi connectivity index (χ4v) is 4.66. The minimum Gasteiger partial charge on any atom is -0.379 e. The molecule has 0 saturated carbocycles. The number of amides is 1. The summed E-state index contributed by atoms with van der Waals surface area (Å²) in [6, 6.07) is 18.4. The molecule has 1 N–H and O–H groups in total. The number of thiazole rings is 1. The van der Waals surface area contributed by atoms with Crippen LogP contribution in [0.25, 0.3) is 10.2 Å². The third kappa shape index (κ3) is 5.63. The number of carbonyl (C=O) groups is 1. The monoisotopic (exact) mass is 409 g/mol. The van der Waals surface area contributed by atoms with Gasteiger partial charge in [-0.05, 0) is 30.5 Å². The molecule has 0 aliphatic carbocycles. The van der Waals surface area contributed by atoms with Crippen molar-refractivity contribution in [3.05, 3.63) is 65.2 Å². The Hall–Kier alpha value is -2.28. The second-order valence-corrected chi connectivity index (χ2v) is 8.49. The van der Waals surface area contributed by atoms with Gasteiger partial charge in [-0.1, -0.05) is 42.5 Å². The van der Waals surface area contributed by atoms with Crippen molar-refractivity contribution in [1.29, 1.82) is 0 Å². The minimum atomic E-state index is 0.00394. The zero-order valence-electron chi connectivity index (χ0n) is 16.5. The number of nitrogens with zero attached hydrogens (tertiary/aromatic N) is 2. The summed E-state index contributed by atoms with van der Waals surface area (Å²) in [6.07, 6.45) is 2.17. The number of carbonyl (C=O) groups excluding carboxylic acids is 1. The van der Waals surface area contributed by atoms with Crippen molar-refractivity contribution in [2.45, 2.75) is 25.3 Å². The first-order valence-electron chi connectivity index (χ1n) is 10.3. The molecule has 4 rings (SSSR count). The van der Waals surface area contributed by atoms with Gasteiger partial charge in [0.25, 0.3) is 0 Å². The van der Waals surface area contributed by atoms with Gasteiger partial charge in [0.1, 0.15) is 0 Å². The van der Waals surface area contributed by atoms with Gasteiger partial charge in [0.15, 0.2) is 0 Å². The number of hydrogen-bond donors (Lipinski definition) is 1. The number of aromatic nitrogens is 1. The fraction of sp³-hybridized carbons (Fsp3) is 0.391. The molecule has 5 nitrogen and oxygen atoms in total. The molecular weight excluding hydrogens is 382 g/mol. The second-order valence-electron chi connectivity index (χ2n) is 7.37. The molecule has 29 heavy (non-hydrogen) atoms. The van der Waals surface area contributed by atoms with Crippen LogP contribution in [0.3, 0.4) is 0 Å². The molecule has 0 spiro atoms. The third-order valence-electron chi connectivity index (χ3n) is 5.21. The van der Waals surface area contributed by atoms with E-state index in [1.54, 1.807) is 11.3 Å². The molecule has 1 saturated heterocycles. The van der Waals surface area contributed by atoms with E-state index in [0.29, 0.717) is 6.42 Å². The van der Waals surface area contributed by atoms with E-state index in [2.05, 4.69) is 33.4 Å². The van der Waals surface area contributed by atoms with E-state index < -0.39 is 0 Å². The first-order valence-corrected chi connectivity index (χ1v) is 11.1. The molecule has 1 aliphatic rings. The SMILES string of the molecule is O=C(CCCc1nc2ccccc2s1)N[C@H](CN1CCOCC1)c1ccccc1. The molecule has 3 aromatic rings. The second kappa shape index (κ2) is 9.96. The summed E-state index contributed by atoms with van der Waals surface area (Å²) in [7, 11) is 0. The highest BCUT2D eigenvalue weighted by Crippen LogP contribution is 2.23. The molecule has 6 heteroatoms. The molecular formula is C23H27N3O2S. The Kier molecular flexibility index (Phi) is 6.87. The average Bonchev–Trinajstić information content (AvgIpc) is 3.17. The van der Waals surface area contributed by atoms with Crippen LogP contribution in [-0.4, -0.2) is 48.6 Å². The van der Waals surface area contributed by atoms with Crippen LogP contribution in [0, 0.1) is 0 Å². The van der Waals surface area contributed by atoms with Crippen LogP contribution >= 0.6 is 11.3 Å². The normalized spacial score (nSPS) is 16.0. The molecule has 0 bridgehead atoms. The Morgan fingerprint density at radius 3 is 2.66 bits per heavy atom. The van der Waals surface area contributed by atoms with Crippen LogP contribution < -0.4 is 5.32 Å². The molecule has 2 heterocycles. The molecule has 0 unspecified atom stereocenters. The van der Waals surface area contributed by atoms with E-state index in [1.165, 1.54) is 4.70 Å². The van der Waals surface area contributed by atoms with Gasteiger partial charge >= 0.3 is 0 Å². The topological polar surface area (TPSA) is 54.5 Å². The molecule has 1 aromatic heterocycles. The summed E-state index contributed by atoms with van der Waals surface area (Å²) in [5.41, 5.74) is 2.20. The molecule has 1 atom stereocenters. The number of ether oxygens (including phenoxy) is 1. The smallest absolute Gasteiger partial charge is 0.220 e. The van der Waals surface area contributed by atoms with Crippen LogP contribution in [0.15, 0.2) is 54.6 Å². The van der Waals surface area contributed by atoms with Crippen molar-refractivity contribution in [3.8, 4) is 0 Å². The number of nitrogens with one attached hydrogen (secondary N) is 1. The minimum absolute atomic E-state index is 0.00394. The van der Waals surface area contributed by atoms with Crippen LogP contribution in [0.5, 0.6) is 0 Å². The molecule has 2 aromatic carbocycles. The lowest BCUT2D eigenvalue weighted by atomic mass is 10.1. The van der Waals surface area contributed by atoms with Crippen molar-refractivity contribution >= 4 is 27.5 Å². The third-order valence-corrected chi connectivity index (χ3v) is 6.31. The van der Waals surface area contributed by atoms with Gasteiger partial charge in [-0.3, -0.25) is 9.69 Å². The van der Waals surface area contributed by atoms with Gasteiger partial charge in [-0.25, -0.2) is 4.98 Å². The van der Waals surface area contributed by atoms with Crippen LogP contribution in [0.2, 0.25) is 0 Å². The first kappa shape index (κ1) is 20.0. The van der Waals surface area contributed by atoms with E-state index in [4.69, 9.17) is 4.74 Å². The number of para-hydroxylation sites is 1. The predicted molar refractivity (Wildman–Crippen MR) is 117 cm³/mol. The lowest BCUT2D eigenvalue weighted by Gasteiger charge is -2.31. The maximum atomic E-state index is 12.7. The Bertz CT molecular complexity index is 889. The predicted octanol–water partition coefficient (Wildman–Crippen LogP) is 3.81. The van der Waals surface area contributed by atoms with Gasteiger partial charge in [-0.15, -0.1) is 11.3 Å². The average molecular weight is 410 g/mol. The fourth-order valence-electron chi connectivity index (χ4n) is 3.66. The van der Waals surface area contributed by atoms with Crippen molar-refractivity contribution in [2.75, 3.05) is 32.8 Å². The number of hydrogen-bond acceptors (Lipinski definition) is 5. The summed E-state index contributed by atoms with van der Waals surface area (Å²) < 4.78 is 6.66. The summed E-state index contributed by atoms with van der Waals surface area (Å²) in [6.45, 7) is 4.17. The largest absolute Gasteiger partial charge is 0.379 e. The van der Waals surface area contributed by atoms with Crippen molar-refractivity contribution < 1.29 is 9.53 Å². The quantitative estimate of drug-likeness (QED) is 0.615.